The van der Waals surface area contributed by atoms with E-state index < -0.39 is 11.9 Å². The molecular formula is C16H11N3O3. The molecule has 1 heterocycles. The third-order valence-corrected chi connectivity index (χ3v) is 3.16. The van der Waals surface area contributed by atoms with Gasteiger partial charge in [0.2, 0.25) is 0 Å². The van der Waals surface area contributed by atoms with E-state index in [1.807, 2.05) is 24.3 Å². The number of rotatable bonds is 3. The van der Waals surface area contributed by atoms with Crippen LogP contribution in [-0.2, 0) is 0 Å². The molecule has 2 N–H and O–H groups in total. The number of carbonyl (C=O) groups is 2. The van der Waals surface area contributed by atoms with Gasteiger partial charge >= 0.3 is 5.97 Å². The predicted molar refractivity (Wildman–Crippen MR) is 80.9 cm³/mol. The normalized spacial score (nSPS) is 10.4. The van der Waals surface area contributed by atoms with Crippen molar-refractivity contribution in [2.24, 2.45) is 0 Å². The SMILES string of the molecule is O=C(Nc1cc2ccccc2cc1C(=O)O)c1cnccn1. The Morgan fingerprint density at radius 3 is 2.41 bits per heavy atom. The number of hydrogen-bond acceptors (Lipinski definition) is 4. The molecule has 6 nitrogen and oxygen atoms in total. The van der Waals surface area contributed by atoms with Crippen molar-refractivity contribution in [3.63, 3.8) is 0 Å². The van der Waals surface area contributed by atoms with Crippen LogP contribution in [0.5, 0.6) is 0 Å². The lowest BCUT2D eigenvalue weighted by Gasteiger charge is -2.10. The van der Waals surface area contributed by atoms with Crippen LogP contribution >= 0.6 is 0 Å². The molecule has 0 unspecified atom stereocenters. The number of nitrogens with one attached hydrogen (secondary N) is 1. The molecule has 3 rings (SSSR count). The van der Waals surface area contributed by atoms with Crippen LogP contribution in [0.2, 0.25) is 0 Å². The van der Waals surface area contributed by atoms with Crippen molar-refractivity contribution in [1.29, 1.82) is 0 Å². The van der Waals surface area contributed by atoms with E-state index in [0.717, 1.165) is 10.8 Å². The van der Waals surface area contributed by atoms with Crippen molar-refractivity contribution >= 4 is 28.3 Å². The van der Waals surface area contributed by atoms with E-state index in [9.17, 15) is 14.7 Å². The Kier molecular flexibility index (Phi) is 3.49. The molecule has 0 radical (unpaired) electrons. The van der Waals surface area contributed by atoms with Crippen LogP contribution in [0.4, 0.5) is 5.69 Å². The monoisotopic (exact) mass is 293 g/mol. The van der Waals surface area contributed by atoms with Crippen molar-refractivity contribution < 1.29 is 14.7 Å². The van der Waals surface area contributed by atoms with Crippen LogP contribution in [0, 0.1) is 0 Å². The van der Waals surface area contributed by atoms with E-state index in [4.69, 9.17) is 0 Å². The minimum atomic E-state index is -1.11. The molecule has 0 saturated heterocycles. The number of fused-ring (bicyclic) bond motifs is 1. The van der Waals surface area contributed by atoms with Gasteiger partial charge in [0, 0.05) is 12.4 Å². The zero-order chi connectivity index (χ0) is 15.5. The Morgan fingerprint density at radius 1 is 1.05 bits per heavy atom. The summed E-state index contributed by atoms with van der Waals surface area (Å²) in [5.41, 5.74) is 0.366. The second-order valence-electron chi connectivity index (χ2n) is 4.59. The van der Waals surface area contributed by atoms with E-state index in [0.29, 0.717) is 0 Å². The molecule has 108 valence electrons. The van der Waals surface area contributed by atoms with Crippen LogP contribution in [0.1, 0.15) is 20.8 Å². The van der Waals surface area contributed by atoms with E-state index in [1.165, 1.54) is 24.7 Å². The first kappa shape index (κ1) is 13.7. The number of amides is 1. The van der Waals surface area contributed by atoms with Gasteiger partial charge in [-0.25, -0.2) is 9.78 Å². The first-order chi connectivity index (χ1) is 10.6. The lowest BCUT2D eigenvalue weighted by Crippen LogP contribution is -2.16. The topological polar surface area (TPSA) is 92.2 Å². The smallest absolute Gasteiger partial charge is 0.337 e. The number of hydrogen-bond donors (Lipinski definition) is 2. The van der Waals surface area contributed by atoms with Crippen molar-refractivity contribution in [2.45, 2.75) is 0 Å². The summed E-state index contributed by atoms with van der Waals surface area (Å²) >= 11 is 0. The molecule has 1 aromatic heterocycles. The fraction of sp³-hybridized carbons (Fsp3) is 0. The highest BCUT2D eigenvalue weighted by Gasteiger charge is 2.15. The van der Waals surface area contributed by atoms with E-state index in [2.05, 4.69) is 15.3 Å². The summed E-state index contributed by atoms with van der Waals surface area (Å²) in [4.78, 5) is 31.2. The van der Waals surface area contributed by atoms with Crippen molar-refractivity contribution in [2.75, 3.05) is 5.32 Å². The van der Waals surface area contributed by atoms with E-state index in [1.54, 1.807) is 6.07 Å². The summed E-state index contributed by atoms with van der Waals surface area (Å²) in [7, 11) is 0. The molecule has 0 fully saturated rings. The van der Waals surface area contributed by atoms with Crippen LogP contribution in [0.3, 0.4) is 0 Å². The summed E-state index contributed by atoms with van der Waals surface area (Å²) in [6, 6.07) is 10.5. The standard InChI is InChI=1S/C16H11N3O3/c20-15(14-9-17-5-6-18-14)19-13-8-11-4-2-1-3-10(11)7-12(13)16(21)22/h1-9H,(H,19,20)(H,21,22). The highest BCUT2D eigenvalue weighted by atomic mass is 16.4. The zero-order valence-corrected chi connectivity index (χ0v) is 11.4. The number of benzene rings is 2. The maximum absolute atomic E-state index is 12.1. The molecule has 3 aromatic rings. The highest BCUT2D eigenvalue weighted by Crippen LogP contribution is 2.24. The molecule has 1 amide bonds. The molecule has 0 spiro atoms. The zero-order valence-electron chi connectivity index (χ0n) is 11.4. The summed E-state index contributed by atoms with van der Waals surface area (Å²) in [6.07, 6.45) is 4.17. The number of anilines is 1. The third kappa shape index (κ3) is 2.62. The number of carbonyl (C=O) groups excluding carboxylic acids is 1. The molecule has 0 bridgehead atoms. The van der Waals surface area contributed by atoms with Crippen molar-refractivity contribution in [3.05, 3.63) is 66.2 Å². The van der Waals surface area contributed by atoms with Gasteiger partial charge in [-0.3, -0.25) is 9.78 Å². The van der Waals surface area contributed by atoms with E-state index in [-0.39, 0.29) is 16.9 Å². The number of aromatic carboxylic acids is 1. The minimum absolute atomic E-state index is 0.0240. The maximum Gasteiger partial charge on any atom is 0.337 e. The number of carboxylic acid groups (broad SMARTS) is 1. The number of carboxylic acids is 1. The van der Waals surface area contributed by atoms with Gasteiger partial charge in [0.15, 0.2) is 0 Å². The van der Waals surface area contributed by atoms with Crippen LogP contribution in [0.25, 0.3) is 10.8 Å². The maximum atomic E-state index is 12.1. The second-order valence-corrected chi connectivity index (χ2v) is 4.59. The van der Waals surface area contributed by atoms with Gasteiger partial charge in [0.05, 0.1) is 17.4 Å². The van der Waals surface area contributed by atoms with Crippen LogP contribution in [-0.4, -0.2) is 27.0 Å². The van der Waals surface area contributed by atoms with Gasteiger partial charge in [0.1, 0.15) is 5.69 Å². The fourth-order valence-electron chi connectivity index (χ4n) is 2.12. The largest absolute Gasteiger partial charge is 0.478 e. The lowest BCUT2D eigenvalue weighted by atomic mass is 10.0. The molecule has 0 atom stereocenters. The molecule has 2 aromatic carbocycles. The summed E-state index contributed by atoms with van der Waals surface area (Å²) < 4.78 is 0. The molecule has 22 heavy (non-hydrogen) atoms. The Balaban J connectivity index is 2.03. The van der Waals surface area contributed by atoms with Gasteiger partial charge in [-0.2, -0.15) is 0 Å². The third-order valence-electron chi connectivity index (χ3n) is 3.16. The molecule has 0 aliphatic carbocycles. The Morgan fingerprint density at radius 2 is 1.77 bits per heavy atom. The molecular weight excluding hydrogens is 282 g/mol. The predicted octanol–water partition coefficient (Wildman–Crippen LogP) is 2.58. The Labute approximate surface area is 125 Å². The molecule has 6 heteroatoms. The summed E-state index contributed by atoms with van der Waals surface area (Å²) in [5, 5.41) is 13.5. The molecule has 0 aliphatic heterocycles. The Bertz CT molecular complexity index is 863. The van der Waals surface area contributed by atoms with Crippen molar-refractivity contribution in [1.82, 2.24) is 9.97 Å². The fourth-order valence-corrected chi connectivity index (χ4v) is 2.12. The van der Waals surface area contributed by atoms with Gasteiger partial charge in [-0.15, -0.1) is 0 Å². The first-order valence-electron chi connectivity index (χ1n) is 6.48. The van der Waals surface area contributed by atoms with Gasteiger partial charge in [-0.1, -0.05) is 24.3 Å². The van der Waals surface area contributed by atoms with Crippen molar-refractivity contribution in [3.8, 4) is 0 Å². The second kappa shape index (κ2) is 5.61. The van der Waals surface area contributed by atoms with E-state index >= 15 is 0 Å². The lowest BCUT2D eigenvalue weighted by molar-refractivity contribution is 0.0698. The van der Waals surface area contributed by atoms with Gasteiger partial charge in [0.25, 0.3) is 5.91 Å². The van der Waals surface area contributed by atoms with Gasteiger partial charge in [-0.05, 0) is 22.9 Å². The summed E-state index contributed by atoms with van der Waals surface area (Å²) in [6.45, 7) is 0. The van der Waals surface area contributed by atoms with Gasteiger partial charge < -0.3 is 10.4 Å². The van der Waals surface area contributed by atoms with Crippen LogP contribution < -0.4 is 5.32 Å². The number of nitrogens with zero attached hydrogens (tertiary/aromatic N) is 2. The highest BCUT2D eigenvalue weighted by molar-refractivity contribution is 6.09. The average Bonchev–Trinajstić information content (AvgIpc) is 2.54. The number of aromatic nitrogens is 2. The minimum Gasteiger partial charge on any atom is -0.478 e. The van der Waals surface area contributed by atoms with Crippen LogP contribution in [0.15, 0.2) is 55.0 Å². The summed E-state index contributed by atoms with van der Waals surface area (Å²) in [5.74, 6) is -1.62. The molecule has 0 aliphatic rings. The molecule has 0 saturated carbocycles. The first-order valence-corrected chi connectivity index (χ1v) is 6.48. The quantitative estimate of drug-likeness (QED) is 0.774. The Hall–Kier alpha value is -3.28. The average molecular weight is 293 g/mol.